The van der Waals surface area contributed by atoms with Crippen LogP contribution >= 0.6 is 11.6 Å². The smallest absolute Gasteiger partial charge is 0.342 e. The first-order valence-electron chi connectivity index (χ1n) is 11.5. The van der Waals surface area contributed by atoms with E-state index in [4.69, 9.17) is 21.1 Å². The van der Waals surface area contributed by atoms with Crippen molar-refractivity contribution in [1.29, 1.82) is 0 Å². The highest BCUT2D eigenvalue weighted by Gasteiger charge is 2.66. The minimum absolute atomic E-state index is 0.0106. The summed E-state index contributed by atoms with van der Waals surface area (Å²) in [4.78, 5) is 25.4. The van der Waals surface area contributed by atoms with Gasteiger partial charge in [0.05, 0.1) is 6.10 Å². The normalized spacial score (nSPS) is 39.7. The number of carbonyl (C=O) groups is 2. The Labute approximate surface area is 193 Å². The molecule has 2 saturated carbocycles. The van der Waals surface area contributed by atoms with Gasteiger partial charge in [-0.2, -0.15) is 0 Å². The molecule has 0 radical (unpaired) electrons. The van der Waals surface area contributed by atoms with Gasteiger partial charge in [-0.15, -0.1) is 0 Å². The number of ether oxygens (including phenoxy) is 2. The van der Waals surface area contributed by atoms with Gasteiger partial charge in [0.2, 0.25) is 0 Å². The average molecular weight is 463 g/mol. The largest absolute Gasteiger partial charge is 0.505 e. The van der Waals surface area contributed by atoms with Crippen LogP contribution in [0.1, 0.15) is 75.4 Å². The third kappa shape index (κ3) is 2.62. The molecule has 5 rings (SSSR count). The van der Waals surface area contributed by atoms with E-state index in [2.05, 4.69) is 6.92 Å². The summed E-state index contributed by atoms with van der Waals surface area (Å²) in [5.74, 6) is -0.362. The second-order valence-corrected chi connectivity index (χ2v) is 11.6. The van der Waals surface area contributed by atoms with Crippen LogP contribution < -0.4 is 4.74 Å². The lowest BCUT2D eigenvalue weighted by Crippen LogP contribution is -2.68. The first-order chi connectivity index (χ1) is 14.8. The second kappa shape index (κ2) is 6.63. The molecule has 2 fully saturated rings. The van der Waals surface area contributed by atoms with Crippen LogP contribution in [0.2, 0.25) is 5.02 Å². The van der Waals surface area contributed by atoms with E-state index in [0.717, 1.165) is 17.5 Å². The zero-order valence-corrected chi connectivity index (χ0v) is 20.0. The number of esters is 1. The molecule has 0 amide bonds. The van der Waals surface area contributed by atoms with Gasteiger partial charge >= 0.3 is 5.97 Å². The third-order valence-electron chi connectivity index (χ3n) is 9.20. The number of aliphatic hydroxyl groups excluding tert-OH is 1. The van der Waals surface area contributed by atoms with E-state index in [1.165, 1.54) is 0 Å². The van der Waals surface area contributed by atoms with E-state index >= 15 is 0 Å². The summed E-state index contributed by atoms with van der Waals surface area (Å²) in [6.07, 6.45) is 1.62. The van der Waals surface area contributed by atoms with Crippen molar-refractivity contribution in [2.24, 2.45) is 22.7 Å². The molecule has 0 unspecified atom stereocenters. The Kier molecular flexibility index (Phi) is 4.56. The molecule has 2 aliphatic heterocycles. The molecule has 0 saturated heterocycles. The number of rotatable bonds is 0. The number of Topliss-reactive ketones (excluding diaryl/α,β-unsaturated/α-hetero) is 1. The molecule has 7 heteroatoms. The number of fused-ring (bicyclic) bond motifs is 6. The lowest BCUT2D eigenvalue weighted by atomic mass is 9.43. The predicted octanol–water partition coefficient (Wildman–Crippen LogP) is 4.23. The molecule has 2 aliphatic carbocycles. The average Bonchev–Trinajstić information content (AvgIpc) is 2.71. The maximum Gasteiger partial charge on any atom is 0.342 e. The summed E-state index contributed by atoms with van der Waals surface area (Å²) in [6, 6.07) is 0. The molecular weight excluding hydrogens is 432 g/mol. The molecule has 0 aromatic heterocycles. The van der Waals surface area contributed by atoms with Crippen LogP contribution in [0, 0.1) is 22.7 Å². The van der Waals surface area contributed by atoms with Crippen molar-refractivity contribution in [3.05, 3.63) is 21.7 Å². The lowest BCUT2D eigenvalue weighted by Gasteiger charge is -2.64. The zero-order valence-electron chi connectivity index (χ0n) is 19.3. The van der Waals surface area contributed by atoms with Gasteiger partial charge in [0.25, 0.3) is 0 Å². The standard InChI is InChI=1S/C25H31ClO6/c1-11-8-12-13-9-15-24(4)7-6-16(27)23(2,3)14(24)10-17(28)25(15,5)32-21(13)19(26)20(29)18(12)22(30)31-11/h11,14-15,17,28-29H,6-10H2,1-5H3/t11-,14+,15+,17+,24+,25-/m1/s1. The first kappa shape index (κ1) is 22.0. The van der Waals surface area contributed by atoms with Crippen LogP contribution in [-0.2, 0) is 22.4 Å². The predicted molar refractivity (Wildman–Crippen MR) is 118 cm³/mol. The summed E-state index contributed by atoms with van der Waals surface area (Å²) >= 11 is 6.52. The number of ketones is 1. The topological polar surface area (TPSA) is 93.1 Å². The Morgan fingerprint density at radius 2 is 1.75 bits per heavy atom. The Hall–Kier alpha value is -1.79. The van der Waals surface area contributed by atoms with E-state index in [0.29, 0.717) is 31.4 Å². The Morgan fingerprint density at radius 1 is 1.06 bits per heavy atom. The minimum Gasteiger partial charge on any atom is -0.505 e. The SMILES string of the molecule is C[C@@H]1Cc2c3c(c(Cl)c(O)c2C(=O)O1)O[C@@]1(C)[C@@H](O)C[C@H]2C(C)(C)C(=O)CC[C@]2(C)[C@@H]1C3. The van der Waals surface area contributed by atoms with Gasteiger partial charge in [0, 0.05) is 29.7 Å². The Morgan fingerprint density at radius 3 is 2.44 bits per heavy atom. The number of phenolic OH excluding ortho intramolecular Hbond substituents is 1. The summed E-state index contributed by atoms with van der Waals surface area (Å²) in [7, 11) is 0. The van der Waals surface area contributed by atoms with Crippen molar-refractivity contribution in [1.82, 2.24) is 0 Å². The molecular formula is C25H31ClO6. The maximum atomic E-state index is 12.8. The molecule has 2 heterocycles. The number of benzene rings is 1. The number of aromatic hydroxyl groups is 1. The fourth-order valence-electron chi connectivity index (χ4n) is 7.34. The number of cyclic esters (lactones) is 1. The molecule has 4 aliphatic rings. The highest BCUT2D eigenvalue weighted by Crippen LogP contribution is 2.65. The Bertz CT molecular complexity index is 1050. The van der Waals surface area contributed by atoms with E-state index in [9.17, 15) is 19.8 Å². The Balaban J connectivity index is 1.70. The van der Waals surface area contributed by atoms with Crippen LogP contribution in [-0.4, -0.2) is 39.8 Å². The fraction of sp³-hybridized carbons (Fsp3) is 0.680. The lowest BCUT2D eigenvalue weighted by molar-refractivity contribution is -0.212. The quantitative estimate of drug-likeness (QED) is 0.560. The minimum atomic E-state index is -0.917. The molecule has 174 valence electrons. The van der Waals surface area contributed by atoms with Crippen molar-refractivity contribution in [2.75, 3.05) is 0 Å². The van der Waals surface area contributed by atoms with Crippen molar-refractivity contribution in [2.45, 2.75) is 84.5 Å². The van der Waals surface area contributed by atoms with Crippen molar-refractivity contribution >= 4 is 23.4 Å². The number of aliphatic hydroxyl groups is 1. The van der Waals surface area contributed by atoms with Crippen LogP contribution in [0.4, 0.5) is 0 Å². The van der Waals surface area contributed by atoms with E-state index in [1.807, 2.05) is 27.7 Å². The molecule has 0 spiro atoms. The number of hydrogen-bond acceptors (Lipinski definition) is 6. The van der Waals surface area contributed by atoms with Gasteiger partial charge in [-0.1, -0.05) is 32.4 Å². The number of hydrogen-bond donors (Lipinski definition) is 2. The van der Waals surface area contributed by atoms with E-state index in [-0.39, 0.29) is 45.5 Å². The molecule has 0 bridgehead atoms. The fourth-order valence-corrected chi connectivity index (χ4v) is 7.59. The molecule has 1 aromatic carbocycles. The third-order valence-corrected chi connectivity index (χ3v) is 9.55. The highest BCUT2D eigenvalue weighted by molar-refractivity contribution is 6.34. The molecule has 6 atom stereocenters. The number of halogens is 1. The maximum absolute atomic E-state index is 12.8. The van der Waals surface area contributed by atoms with Gasteiger partial charge in [-0.25, -0.2) is 4.79 Å². The molecule has 1 aromatic rings. The highest BCUT2D eigenvalue weighted by atomic mass is 35.5. The van der Waals surface area contributed by atoms with Crippen LogP contribution in [0.5, 0.6) is 11.5 Å². The van der Waals surface area contributed by atoms with Crippen molar-refractivity contribution < 1.29 is 29.3 Å². The van der Waals surface area contributed by atoms with Crippen LogP contribution in [0.15, 0.2) is 0 Å². The number of phenols is 1. The summed E-state index contributed by atoms with van der Waals surface area (Å²) in [5.41, 5.74) is -0.0196. The van der Waals surface area contributed by atoms with Gasteiger partial charge in [-0.3, -0.25) is 4.79 Å². The molecule has 6 nitrogen and oxygen atoms in total. The summed E-state index contributed by atoms with van der Waals surface area (Å²) in [5, 5.41) is 22.0. The molecule has 2 N–H and O–H groups in total. The number of carbonyl (C=O) groups excluding carboxylic acids is 2. The van der Waals surface area contributed by atoms with Gasteiger partial charge < -0.3 is 19.7 Å². The van der Waals surface area contributed by atoms with Gasteiger partial charge in [0.1, 0.15) is 33.8 Å². The summed E-state index contributed by atoms with van der Waals surface area (Å²) in [6.45, 7) is 9.96. The monoisotopic (exact) mass is 462 g/mol. The molecule has 32 heavy (non-hydrogen) atoms. The second-order valence-electron chi connectivity index (χ2n) is 11.2. The summed E-state index contributed by atoms with van der Waals surface area (Å²) < 4.78 is 11.9. The van der Waals surface area contributed by atoms with Gasteiger partial charge in [-0.05, 0) is 50.0 Å². The van der Waals surface area contributed by atoms with Gasteiger partial charge in [0.15, 0.2) is 5.75 Å². The van der Waals surface area contributed by atoms with E-state index < -0.39 is 23.1 Å². The van der Waals surface area contributed by atoms with Crippen LogP contribution in [0.25, 0.3) is 0 Å². The first-order valence-corrected chi connectivity index (χ1v) is 11.9. The van der Waals surface area contributed by atoms with E-state index in [1.54, 1.807) is 0 Å². The van der Waals surface area contributed by atoms with Crippen LogP contribution in [0.3, 0.4) is 0 Å². The van der Waals surface area contributed by atoms with Crippen molar-refractivity contribution in [3.8, 4) is 11.5 Å². The van der Waals surface area contributed by atoms with Crippen molar-refractivity contribution in [3.63, 3.8) is 0 Å². The zero-order chi connectivity index (χ0) is 23.4.